The molecule has 0 aromatic rings. The normalized spacial score (nSPS) is 28.1. The van der Waals surface area contributed by atoms with Crippen LogP contribution in [0.15, 0.2) is 0 Å². The Kier molecular flexibility index (Phi) is 3.43. The highest BCUT2D eigenvalue weighted by molar-refractivity contribution is 5.74. The number of ether oxygens (including phenoxy) is 1. The van der Waals surface area contributed by atoms with Gasteiger partial charge in [-0.15, -0.1) is 0 Å². The standard InChI is InChI=1S/C10H19N3O2/c1-12-4-6-13(7-5-12)10(14)11-9-3-2-8-15-9/h9H,2-8H2,1H3,(H,11,14). The molecule has 1 unspecified atom stereocenters. The summed E-state index contributed by atoms with van der Waals surface area (Å²) < 4.78 is 5.37. The van der Waals surface area contributed by atoms with E-state index in [0.29, 0.717) is 0 Å². The molecule has 2 saturated heterocycles. The topological polar surface area (TPSA) is 44.8 Å². The molecule has 2 rings (SSSR count). The van der Waals surface area contributed by atoms with Crippen molar-refractivity contribution in [1.29, 1.82) is 0 Å². The molecule has 0 aromatic heterocycles. The van der Waals surface area contributed by atoms with Crippen molar-refractivity contribution in [1.82, 2.24) is 15.1 Å². The Morgan fingerprint density at radius 3 is 2.67 bits per heavy atom. The van der Waals surface area contributed by atoms with Gasteiger partial charge < -0.3 is 19.9 Å². The molecule has 0 aliphatic carbocycles. The minimum absolute atomic E-state index is 0.0231. The first-order valence-corrected chi connectivity index (χ1v) is 5.61. The summed E-state index contributed by atoms with van der Waals surface area (Å²) in [5.41, 5.74) is 0. The number of urea groups is 1. The molecule has 2 amide bonds. The highest BCUT2D eigenvalue weighted by Gasteiger charge is 2.23. The average molecular weight is 213 g/mol. The molecule has 2 fully saturated rings. The zero-order chi connectivity index (χ0) is 10.7. The third kappa shape index (κ3) is 2.82. The second-order valence-corrected chi connectivity index (χ2v) is 4.24. The molecular weight excluding hydrogens is 194 g/mol. The number of likely N-dealkylation sites (N-methyl/N-ethyl adjacent to an activating group) is 1. The van der Waals surface area contributed by atoms with Crippen molar-refractivity contribution >= 4 is 6.03 Å². The maximum Gasteiger partial charge on any atom is 0.319 e. The Hall–Kier alpha value is -0.810. The summed E-state index contributed by atoms with van der Waals surface area (Å²) in [6.07, 6.45) is 1.94. The summed E-state index contributed by atoms with van der Waals surface area (Å²) in [6, 6.07) is 0.0231. The Morgan fingerprint density at radius 2 is 2.07 bits per heavy atom. The number of hydrogen-bond acceptors (Lipinski definition) is 3. The van der Waals surface area contributed by atoms with Gasteiger partial charge in [0, 0.05) is 32.8 Å². The molecule has 1 atom stereocenters. The van der Waals surface area contributed by atoms with Crippen LogP contribution in [0.2, 0.25) is 0 Å². The minimum Gasteiger partial charge on any atom is -0.358 e. The third-order valence-corrected chi connectivity index (χ3v) is 3.00. The molecule has 86 valence electrons. The van der Waals surface area contributed by atoms with Crippen LogP contribution in [0.3, 0.4) is 0 Å². The summed E-state index contributed by atoms with van der Waals surface area (Å²) in [5, 5.41) is 2.91. The predicted octanol–water partition coefficient (Wildman–Crippen LogP) is 0.0799. The molecule has 0 saturated carbocycles. The molecule has 15 heavy (non-hydrogen) atoms. The first kappa shape index (κ1) is 10.7. The Labute approximate surface area is 90.4 Å². The maximum absolute atomic E-state index is 11.8. The highest BCUT2D eigenvalue weighted by atomic mass is 16.5. The summed E-state index contributed by atoms with van der Waals surface area (Å²) >= 11 is 0. The van der Waals surface area contributed by atoms with E-state index in [1.54, 1.807) is 0 Å². The lowest BCUT2D eigenvalue weighted by atomic mass is 10.3. The monoisotopic (exact) mass is 213 g/mol. The number of carbonyl (C=O) groups is 1. The molecular formula is C10H19N3O2. The van der Waals surface area contributed by atoms with E-state index >= 15 is 0 Å². The average Bonchev–Trinajstić information content (AvgIpc) is 2.71. The van der Waals surface area contributed by atoms with Gasteiger partial charge in [0.05, 0.1) is 0 Å². The number of rotatable bonds is 1. The van der Waals surface area contributed by atoms with Gasteiger partial charge in [0.2, 0.25) is 0 Å². The van der Waals surface area contributed by atoms with Crippen LogP contribution < -0.4 is 5.32 Å². The number of nitrogens with one attached hydrogen (secondary N) is 1. The first-order valence-electron chi connectivity index (χ1n) is 5.61. The van der Waals surface area contributed by atoms with E-state index in [-0.39, 0.29) is 12.3 Å². The minimum atomic E-state index is -0.0582. The number of nitrogens with zero attached hydrogens (tertiary/aromatic N) is 2. The summed E-state index contributed by atoms with van der Waals surface area (Å²) in [5.74, 6) is 0. The zero-order valence-corrected chi connectivity index (χ0v) is 9.24. The molecule has 2 aliphatic rings. The van der Waals surface area contributed by atoms with E-state index in [9.17, 15) is 4.79 Å². The SMILES string of the molecule is CN1CCN(C(=O)NC2CCCO2)CC1. The van der Waals surface area contributed by atoms with Crippen LogP contribution in [0, 0.1) is 0 Å². The van der Waals surface area contributed by atoms with E-state index in [1.165, 1.54) is 0 Å². The number of piperazine rings is 1. The van der Waals surface area contributed by atoms with E-state index < -0.39 is 0 Å². The second kappa shape index (κ2) is 4.81. The van der Waals surface area contributed by atoms with Gasteiger partial charge in [0.1, 0.15) is 6.23 Å². The predicted molar refractivity (Wildman–Crippen MR) is 56.6 cm³/mol. The molecule has 5 nitrogen and oxygen atoms in total. The largest absolute Gasteiger partial charge is 0.358 e. The van der Waals surface area contributed by atoms with Crippen LogP contribution in [-0.4, -0.2) is 61.9 Å². The van der Waals surface area contributed by atoms with Crippen molar-refractivity contribution in [2.75, 3.05) is 39.8 Å². The van der Waals surface area contributed by atoms with Crippen LogP contribution in [0.5, 0.6) is 0 Å². The fourth-order valence-electron chi connectivity index (χ4n) is 1.93. The molecule has 0 radical (unpaired) electrons. The number of hydrogen-bond donors (Lipinski definition) is 1. The highest BCUT2D eigenvalue weighted by Crippen LogP contribution is 2.09. The van der Waals surface area contributed by atoms with Crippen molar-refractivity contribution in [2.45, 2.75) is 19.1 Å². The summed E-state index contributed by atoms with van der Waals surface area (Å²) in [4.78, 5) is 15.9. The second-order valence-electron chi connectivity index (χ2n) is 4.24. The van der Waals surface area contributed by atoms with Gasteiger partial charge in [-0.1, -0.05) is 0 Å². The summed E-state index contributed by atoms with van der Waals surface area (Å²) in [7, 11) is 2.08. The van der Waals surface area contributed by atoms with E-state index in [1.807, 2.05) is 4.90 Å². The Morgan fingerprint density at radius 1 is 1.33 bits per heavy atom. The fourth-order valence-corrected chi connectivity index (χ4v) is 1.93. The molecule has 5 heteroatoms. The molecule has 0 spiro atoms. The molecule has 1 N–H and O–H groups in total. The lowest BCUT2D eigenvalue weighted by Gasteiger charge is -2.33. The Bertz CT molecular complexity index is 221. The van der Waals surface area contributed by atoms with Gasteiger partial charge in [-0.05, 0) is 19.9 Å². The molecule has 0 aromatic carbocycles. The van der Waals surface area contributed by atoms with Crippen molar-refractivity contribution in [3.8, 4) is 0 Å². The van der Waals surface area contributed by atoms with Crippen molar-refractivity contribution in [2.24, 2.45) is 0 Å². The quantitative estimate of drug-likeness (QED) is 0.671. The van der Waals surface area contributed by atoms with Crippen LogP contribution >= 0.6 is 0 Å². The maximum atomic E-state index is 11.8. The van der Waals surface area contributed by atoms with E-state index in [2.05, 4.69) is 17.3 Å². The van der Waals surface area contributed by atoms with Gasteiger partial charge in [0.15, 0.2) is 0 Å². The lowest BCUT2D eigenvalue weighted by Crippen LogP contribution is -2.52. The van der Waals surface area contributed by atoms with Gasteiger partial charge in [0.25, 0.3) is 0 Å². The fraction of sp³-hybridized carbons (Fsp3) is 0.900. The molecule has 2 aliphatic heterocycles. The number of amides is 2. The summed E-state index contributed by atoms with van der Waals surface area (Å²) in [6.45, 7) is 4.32. The first-order chi connectivity index (χ1) is 7.25. The number of carbonyl (C=O) groups excluding carboxylic acids is 1. The van der Waals surface area contributed by atoms with Crippen molar-refractivity contribution < 1.29 is 9.53 Å². The third-order valence-electron chi connectivity index (χ3n) is 3.00. The molecule has 0 bridgehead atoms. The zero-order valence-electron chi connectivity index (χ0n) is 9.24. The van der Waals surface area contributed by atoms with Crippen molar-refractivity contribution in [3.63, 3.8) is 0 Å². The van der Waals surface area contributed by atoms with Crippen LogP contribution in [0.1, 0.15) is 12.8 Å². The lowest BCUT2D eigenvalue weighted by molar-refractivity contribution is 0.0788. The van der Waals surface area contributed by atoms with Gasteiger partial charge in [-0.2, -0.15) is 0 Å². The van der Waals surface area contributed by atoms with Crippen LogP contribution in [0.25, 0.3) is 0 Å². The van der Waals surface area contributed by atoms with Gasteiger partial charge >= 0.3 is 6.03 Å². The smallest absolute Gasteiger partial charge is 0.319 e. The van der Waals surface area contributed by atoms with Crippen LogP contribution in [0.4, 0.5) is 4.79 Å². The Balaban J connectivity index is 1.75. The van der Waals surface area contributed by atoms with Crippen LogP contribution in [-0.2, 0) is 4.74 Å². The van der Waals surface area contributed by atoms with E-state index in [4.69, 9.17) is 4.74 Å². The van der Waals surface area contributed by atoms with E-state index in [0.717, 1.165) is 45.6 Å². The van der Waals surface area contributed by atoms with Gasteiger partial charge in [-0.3, -0.25) is 0 Å². The van der Waals surface area contributed by atoms with Gasteiger partial charge in [-0.25, -0.2) is 4.79 Å². The van der Waals surface area contributed by atoms with Crippen molar-refractivity contribution in [3.05, 3.63) is 0 Å². The molecule has 2 heterocycles.